The zero-order chi connectivity index (χ0) is 22.2. The molecule has 7 heteroatoms. The lowest BCUT2D eigenvalue weighted by Gasteiger charge is -2.29. The van der Waals surface area contributed by atoms with Gasteiger partial charge in [-0.25, -0.2) is 4.39 Å². The maximum absolute atomic E-state index is 14.9. The van der Waals surface area contributed by atoms with E-state index < -0.39 is 11.9 Å². The molecule has 2 aliphatic rings. The Morgan fingerprint density at radius 3 is 2.62 bits per heavy atom. The van der Waals surface area contributed by atoms with Crippen molar-refractivity contribution in [2.45, 2.75) is 19.4 Å². The number of carbonyl (C=O) groups excluding carboxylic acids is 1. The molecular weight excluding hydrogens is 411 g/mol. The summed E-state index contributed by atoms with van der Waals surface area (Å²) in [4.78, 5) is 30.7. The van der Waals surface area contributed by atoms with Crippen molar-refractivity contribution < 1.29 is 18.3 Å². The zero-order valence-electron chi connectivity index (χ0n) is 18.0. The van der Waals surface area contributed by atoms with E-state index in [0.29, 0.717) is 42.7 Å². The molecular formula is C25H25FN2O4. The van der Waals surface area contributed by atoms with Gasteiger partial charge >= 0.3 is 0 Å². The Balaban J connectivity index is 1.55. The molecule has 0 saturated carbocycles. The van der Waals surface area contributed by atoms with E-state index in [4.69, 9.17) is 9.15 Å². The number of benzene rings is 2. The van der Waals surface area contributed by atoms with Gasteiger partial charge in [-0.3, -0.25) is 14.5 Å². The predicted octanol–water partition coefficient (Wildman–Crippen LogP) is 3.51. The smallest absolute Gasteiger partial charge is 0.290 e. The molecule has 0 N–H and O–H groups in total. The molecule has 1 fully saturated rings. The Bertz CT molecular complexity index is 1230. The molecule has 0 spiro atoms. The molecule has 0 radical (unpaired) electrons. The maximum atomic E-state index is 14.9. The largest absolute Gasteiger partial charge is 0.450 e. The topological polar surface area (TPSA) is 63.0 Å². The van der Waals surface area contributed by atoms with Gasteiger partial charge in [0.05, 0.1) is 30.2 Å². The lowest BCUT2D eigenvalue weighted by molar-refractivity contribution is 0.0353. The fourth-order valence-electron chi connectivity index (χ4n) is 4.67. The molecule has 6 nitrogen and oxygen atoms in total. The monoisotopic (exact) mass is 436 g/mol. The first-order valence-corrected chi connectivity index (χ1v) is 11.0. The Morgan fingerprint density at radius 1 is 1.06 bits per heavy atom. The first kappa shape index (κ1) is 20.8. The number of halogens is 1. The van der Waals surface area contributed by atoms with Crippen molar-refractivity contribution in [2.24, 2.45) is 0 Å². The van der Waals surface area contributed by atoms with Gasteiger partial charge in [-0.1, -0.05) is 29.8 Å². The molecule has 2 aliphatic heterocycles. The van der Waals surface area contributed by atoms with E-state index in [9.17, 15) is 14.0 Å². The number of hydrogen-bond acceptors (Lipinski definition) is 5. The van der Waals surface area contributed by atoms with Crippen LogP contribution in [0.5, 0.6) is 0 Å². The van der Waals surface area contributed by atoms with Crippen LogP contribution in [0.4, 0.5) is 4.39 Å². The number of morpholine rings is 1. The number of ether oxygens (including phenoxy) is 1. The van der Waals surface area contributed by atoms with Gasteiger partial charge < -0.3 is 14.1 Å². The second kappa shape index (κ2) is 8.48. The molecule has 0 aliphatic carbocycles. The second-order valence-corrected chi connectivity index (χ2v) is 8.40. The third kappa shape index (κ3) is 3.61. The van der Waals surface area contributed by atoms with Crippen molar-refractivity contribution in [1.82, 2.24) is 9.80 Å². The zero-order valence-corrected chi connectivity index (χ0v) is 18.0. The Labute approximate surface area is 185 Å². The van der Waals surface area contributed by atoms with Crippen LogP contribution >= 0.6 is 0 Å². The quantitative estimate of drug-likeness (QED) is 0.613. The van der Waals surface area contributed by atoms with Gasteiger partial charge in [-0.15, -0.1) is 0 Å². The molecule has 1 atom stereocenters. The summed E-state index contributed by atoms with van der Waals surface area (Å²) in [6, 6.07) is 10.8. The Kier molecular flexibility index (Phi) is 5.53. The summed E-state index contributed by atoms with van der Waals surface area (Å²) < 4.78 is 26.2. The van der Waals surface area contributed by atoms with Crippen molar-refractivity contribution in [3.63, 3.8) is 0 Å². The van der Waals surface area contributed by atoms with Crippen molar-refractivity contribution in [2.75, 3.05) is 39.4 Å². The normalized spacial score (nSPS) is 19.0. The summed E-state index contributed by atoms with van der Waals surface area (Å²) in [6.07, 6.45) is 0.706. The lowest BCUT2D eigenvalue weighted by Crippen LogP contribution is -2.39. The van der Waals surface area contributed by atoms with E-state index in [1.165, 1.54) is 6.07 Å². The van der Waals surface area contributed by atoms with Crippen molar-refractivity contribution in [3.8, 4) is 0 Å². The van der Waals surface area contributed by atoms with Crippen LogP contribution in [0.3, 0.4) is 0 Å². The van der Waals surface area contributed by atoms with Gasteiger partial charge in [0.1, 0.15) is 11.4 Å². The number of rotatable bonds is 5. The molecule has 32 heavy (non-hydrogen) atoms. The highest BCUT2D eigenvalue weighted by Gasteiger charge is 2.43. The number of amides is 1. The van der Waals surface area contributed by atoms with Crippen LogP contribution in [0, 0.1) is 12.7 Å². The highest BCUT2D eigenvalue weighted by atomic mass is 19.1. The van der Waals surface area contributed by atoms with Gasteiger partial charge in [0.25, 0.3) is 5.91 Å². The molecule has 3 aromatic rings. The Morgan fingerprint density at radius 2 is 1.84 bits per heavy atom. The van der Waals surface area contributed by atoms with Gasteiger partial charge in [0, 0.05) is 31.7 Å². The van der Waals surface area contributed by atoms with Gasteiger partial charge in [0.2, 0.25) is 5.76 Å². The standard InChI is InChI=1S/C25H25FN2O4/c1-16-7-8-20-18(15-16)23(29)21-22(17-5-2-3-6-19(17)26)28(25(30)24(21)32-20)10-4-9-27-11-13-31-14-12-27/h2-3,5-8,15,22H,4,9-14H2,1H3/t22-/m0/s1. The summed E-state index contributed by atoms with van der Waals surface area (Å²) in [5.74, 6) is -0.791. The fourth-order valence-corrected chi connectivity index (χ4v) is 4.67. The van der Waals surface area contributed by atoms with Crippen molar-refractivity contribution >= 4 is 16.9 Å². The van der Waals surface area contributed by atoms with E-state index >= 15 is 0 Å². The third-order valence-corrected chi connectivity index (χ3v) is 6.30. The van der Waals surface area contributed by atoms with Crippen molar-refractivity contribution in [1.29, 1.82) is 0 Å². The lowest BCUT2D eigenvalue weighted by atomic mass is 9.97. The Hall–Kier alpha value is -3.03. The molecule has 166 valence electrons. The van der Waals surface area contributed by atoms with E-state index in [1.54, 1.807) is 35.2 Å². The minimum Gasteiger partial charge on any atom is -0.450 e. The summed E-state index contributed by atoms with van der Waals surface area (Å²) in [5.41, 5.74) is 1.55. The maximum Gasteiger partial charge on any atom is 0.290 e. The molecule has 5 rings (SSSR count). The van der Waals surface area contributed by atoms with E-state index in [1.807, 2.05) is 13.0 Å². The van der Waals surface area contributed by atoms with Crippen molar-refractivity contribution in [3.05, 3.63) is 81.0 Å². The average molecular weight is 436 g/mol. The van der Waals surface area contributed by atoms with Crippen LogP contribution < -0.4 is 5.43 Å². The van der Waals surface area contributed by atoms with Crippen LogP contribution in [-0.2, 0) is 4.74 Å². The number of hydrogen-bond donors (Lipinski definition) is 0. The first-order valence-electron chi connectivity index (χ1n) is 11.0. The summed E-state index contributed by atoms with van der Waals surface area (Å²) >= 11 is 0. The number of fused-ring (bicyclic) bond motifs is 2. The summed E-state index contributed by atoms with van der Waals surface area (Å²) in [7, 11) is 0. The van der Waals surface area contributed by atoms with E-state index in [-0.39, 0.29) is 22.7 Å². The van der Waals surface area contributed by atoms with Gasteiger partial charge in [-0.2, -0.15) is 0 Å². The predicted molar refractivity (Wildman–Crippen MR) is 118 cm³/mol. The average Bonchev–Trinajstić information content (AvgIpc) is 3.07. The summed E-state index contributed by atoms with van der Waals surface area (Å²) in [6.45, 7) is 6.21. The molecule has 0 unspecified atom stereocenters. The van der Waals surface area contributed by atoms with Crippen LogP contribution in [0.2, 0.25) is 0 Å². The third-order valence-electron chi connectivity index (χ3n) is 6.30. The number of nitrogens with zero attached hydrogens (tertiary/aromatic N) is 2. The van der Waals surface area contributed by atoms with Gasteiger partial charge in [0.15, 0.2) is 5.43 Å². The molecule has 1 aromatic heterocycles. The van der Waals surface area contributed by atoms with Crippen LogP contribution in [0.1, 0.15) is 39.7 Å². The number of carbonyl (C=O) groups is 1. The molecule has 1 saturated heterocycles. The van der Waals surface area contributed by atoms with Crippen LogP contribution in [0.15, 0.2) is 51.7 Å². The van der Waals surface area contributed by atoms with E-state index in [2.05, 4.69) is 4.90 Å². The van der Waals surface area contributed by atoms with Crippen LogP contribution in [0.25, 0.3) is 11.0 Å². The summed E-state index contributed by atoms with van der Waals surface area (Å²) in [5, 5.41) is 0.410. The second-order valence-electron chi connectivity index (χ2n) is 8.40. The van der Waals surface area contributed by atoms with Crippen LogP contribution in [-0.4, -0.2) is 55.1 Å². The van der Waals surface area contributed by atoms with E-state index in [0.717, 1.165) is 25.2 Å². The first-order chi connectivity index (χ1) is 15.5. The molecule has 2 aromatic carbocycles. The minimum absolute atomic E-state index is 0.0194. The fraction of sp³-hybridized carbons (Fsp3) is 0.360. The number of aryl methyl sites for hydroxylation is 1. The molecule has 0 bridgehead atoms. The molecule has 3 heterocycles. The SMILES string of the molecule is Cc1ccc2oc3c(c(=O)c2c1)[C@H](c1ccccc1F)N(CCCN1CCOCC1)C3=O. The highest BCUT2D eigenvalue weighted by molar-refractivity contribution is 5.99. The van der Waals surface area contributed by atoms with Gasteiger partial charge in [-0.05, 0) is 31.5 Å². The molecule has 1 amide bonds. The highest BCUT2D eigenvalue weighted by Crippen LogP contribution is 2.39. The minimum atomic E-state index is -0.801.